The second-order valence-corrected chi connectivity index (χ2v) is 9.13. The first kappa shape index (κ1) is 21.9. The van der Waals surface area contributed by atoms with Crippen LogP contribution in [0.5, 0.6) is 5.19 Å². The molecule has 1 unspecified atom stereocenters. The molecule has 1 aliphatic rings. The third kappa shape index (κ3) is 9.39. The van der Waals surface area contributed by atoms with Gasteiger partial charge in [-0.2, -0.15) is 0 Å². The molecular formula is C19H33N3O4S. The fraction of sp³-hybridized carbons (Fsp3) is 0.789. The van der Waals surface area contributed by atoms with Gasteiger partial charge in [0.1, 0.15) is 17.7 Å². The Bertz CT molecular complexity index is 568. The number of nitrogens with zero attached hydrogens (tertiary/aromatic N) is 1. The Hall–Kier alpha value is -1.38. The van der Waals surface area contributed by atoms with E-state index in [-0.39, 0.29) is 12.1 Å². The van der Waals surface area contributed by atoms with Crippen LogP contribution in [0.4, 0.5) is 9.80 Å². The monoisotopic (exact) mass is 399 g/mol. The van der Waals surface area contributed by atoms with Gasteiger partial charge < -0.3 is 19.9 Å². The van der Waals surface area contributed by atoms with Gasteiger partial charge in [0.05, 0.1) is 12.8 Å². The fourth-order valence-electron chi connectivity index (χ4n) is 3.01. The maximum Gasteiger partial charge on any atom is 0.412 e. The third-order valence-corrected chi connectivity index (χ3v) is 5.27. The van der Waals surface area contributed by atoms with E-state index in [0.29, 0.717) is 23.3 Å². The Kier molecular flexibility index (Phi) is 8.79. The highest BCUT2D eigenvalue weighted by Gasteiger charge is 2.15. The van der Waals surface area contributed by atoms with Crippen LogP contribution in [0.3, 0.4) is 0 Å². The van der Waals surface area contributed by atoms with Gasteiger partial charge in [-0.3, -0.25) is 5.32 Å². The molecule has 3 N–H and O–H groups in total. The van der Waals surface area contributed by atoms with E-state index in [2.05, 4.69) is 15.6 Å². The number of ether oxygens (including phenoxy) is 2. The highest BCUT2D eigenvalue weighted by molar-refractivity contribution is 7.17. The standard InChI is InChI=1S/C19H33N3O4S/c1-19(2,3)21-11-15(23)13-26-18-20-12-16(27-18)22-17(24)25-10-6-9-14-7-4-5-8-14/h12,14-15,21,23H,4-11,13H2,1-3H3,(H,22,24). The predicted molar refractivity (Wildman–Crippen MR) is 108 cm³/mol. The van der Waals surface area contributed by atoms with Crippen LogP contribution >= 0.6 is 11.3 Å². The molecule has 0 bridgehead atoms. The van der Waals surface area contributed by atoms with Gasteiger partial charge in [0.15, 0.2) is 0 Å². The largest absolute Gasteiger partial charge is 0.467 e. The summed E-state index contributed by atoms with van der Waals surface area (Å²) < 4.78 is 10.7. The molecule has 154 valence electrons. The number of hydrogen-bond acceptors (Lipinski definition) is 7. The molecule has 0 radical (unpaired) electrons. The number of carbonyl (C=O) groups excluding carboxylic acids is 1. The van der Waals surface area contributed by atoms with E-state index in [1.165, 1.54) is 43.2 Å². The zero-order chi connectivity index (χ0) is 19.7. The first-order valence-electron chi connectivity index (χ1n) is 9.77. The first-order valence-corrected chi connectivity index (χ1v) is 10.6. The summed E-state index contributed by atoms with van der Waals surface area (Å²) in [6.45, 7) is 7.12. The zero-order valence-corrected chi connectivity index (χ0v) is 17.4. The van der Waals surface area contributed by atoms with Gasteiger partial charge in [-0.1, -0.05) is 37.0 Å². The Morgan fingerprint density at radius 3 is 2.85 bits per heavy atom. The number of β-amino-alcohol motifs (C(OH)–C–C–N with tert-alkyl or cyclic N) is 1. The van der Waals surface area contributed by atoms with Gasteiger partial charge in [0, 0.05) is 12.1 Å². The van der Waals surface area contributed by atoms with Crippen molar-refractivity contribution in [2.75, 3.05) is 25.1 Å². The topological polar surface area (TPSA) is 92.7 Å². The summed E-state index contributed by atoms with van der Waals surface area (Å²) in [5, 5.41) is 16.8. The van der Waals surface area contributed by atoms with E-state index in [1.54, 1.807) is 0 Å². The second-order valence-electron chi connectivity index (χ2n) is 8.14. The van der Waals surface area contributed by atoms with Crippen LogP contribution < -0.4 is 15.4 Å². The number of hydrogen-bond donors (Lipinski definition) is 3. The summed E-state index contributed by atoms with van der Waals surface area (Å²) in [7, 11) is 0. The number of carbonyl (C=O) groups is 1. The lowest BCUT2D eigenvalue weighted by molar-refractivity contribution is 0.0999. The number of aliphatic hydroxyl groups excluding tert-OH is 1. The Morgan fingerprint density at radius 2 is 2.15 bits per heavy atom. The maximum atomic E-state index is 11.8. The number of anilines is 1. The summed E-state index contributed by atoms with van der Waals surface area (Å²) in [5.41, 5.74) is -0.0588. The SMILES string of the molecule is CC(C)(C)NCC(O)COc1ncc(NC(=O)OCCCC2CCCC2)s1. The van der Waals surface area contributed by atoms with Crippen LogP contribution in [0.25, 0.3) is 0 Å². The molecule has 1 amide bonds. The summed E-state index contributed by atoms with van der Waals surface area (Å²) >= 11 is 1.21. The highest BCUT2D eigenvalue weighted by Crippen LogP contribution is 2.28. The van der Waals surface area contributed by atoms with Crippen LogP contribution in [0, 0.1) is 5.92 Å². The minimum absolute atomic E-state index is 0.0588. The van der Waals surface area contributed by atoms with Crippen molar-refractivity contribution in [1.29, 1.82) is 0 Å². The maximum absolute atomic E-state index is 11.8. The highest BCUT2D eigenvalue weighted by atomic mass is 32.1. The molecule has 0 aromatic carbocycles. The van der Waals surface area contributed by atoms with Crippen molar-refractivity contribution in [2.45, 2.75) is 70.9 Å². The average molecular weight is 400 g/mol. The van der Waals surface area contributed by atoms with Gasteiger partial charge in [0.2, 0.25) is 0 Å². The summed E-state index contributed by atoms with van der Waals surface area (Å²) in [6, 6.07) is 0. The third-order valence-electron chi connectivity index (χ3n) is 4.44. The molecule has 1 saturated carbocycles. The number of aromatic nitrogens is 1. The number of rotatable bonds is 10. The predicted octanol–water partition coefficient (Wildman–Crippen LogP) is 3.79. The fourth-order valence-corrected chi connectivity index (χ4v) is 3.67. The molecule has 7 nitrogen and oxygen atoms in total. The second kappa shape index (κ2) is 10.8. The molecule has 1 heterocycles. The normalized spacial score (nSPS) is 16.3. The van der Waals surface area contributed by atoms with E-state index in [4.69, 9.17) is 9.47 Å². The van der Waals surface area contributed by atoms with Gasteiger partial charge in [0.25, 0.3) is 5.19 Å². The molecule has 1 aromatic heterocycles. The molecule has 0 aliphatic heterocycles. The van der Waals surface area contributed by atoms with Crippen molar-refractivity contribution in [3.63, 3.8) is 0 Å². The quantitative estimate of drug-likeness (QED) is 0.518. The van der Waals surface area contributed by atoms with E-state index in [0.717, 1.165) is 18.8 Å². The molecule has 1 aliphatic carbocycles. The summed E-state index contributed by atoms with van der Waals surface area (Å²) in [5.74, 6) is 0.812. The molecule has 1 aromatic rings. The molecule has 2 rings (SSSR count). The number of thiazole rings is 1. The van der Waals surface area contributed by atoms with Crippen molar-refractivity contribution in [2.24, 2.45) is 5.92 Å². The molecule has 27 heavy (non-hydrogen) atoms. The molecular weight excluding hydrogens is 366 g/mol. The Morgan fingerprint density at radius 1 is 1.41 bits per heavy atom. The molecule has 1 fully saturated rings. The lowest BCUT2D eigenvalue weighted by Gasteiger charge is -2.22. The van der Waals surface area contributed by atoms with E-state index in [1.807, 2.05) is 20.8 Å². The number of aliphatic hydroxyl groups is 1. The van der Waals surface area contributed by atoms with Gasteiger partial charge in [-0.25, -0.2) is 9.78 Å². The van der Waals surface area contributed by atoms with Crippen LogP contribution in [0.2, 0.25) is 0 Å². The van der Waals surface area contributed by atoms with Crippen molar-refractivity contribution in [1.82, 2.24) is 10.3 Å². The van der Waals surface area contributed by atoms with Crippen LogP contribution in [-0.2, 0) is 4.74 Å². The molecule has 0 saturated heterocycles. The lowest BCUT2D eigenvalue weighted by atomic mass is 10.0. The zero-order valence-electron chi connectivity index (χ0n) is 16.6. The van der Waals surface area contributed by atoms with Gasteiger partial charge in [-0.15, -0.1) is 0 Å². The molecule has 8 heteroatoms. The number of nitrogens with one attached hydrogen (secondary N) is 2. The van der Waals surface area contributed by atoms with Crippen molar-refractivity contribution in [3.05, 3.63) is 6.20 Å². The Balaban J connectivity index is 1.59. The van der Waals surface area contributed by atoms with E-state index >= 15 is 0 Å². The minimum Gasteiger partial charge on any atom is -0.467 e. The van der Waals surface area contributed by atoms with Crippen LogP contribution in [0.15, 0.2) is 6.20 Å². The van der Waals surface area contributed by atoms with Crippen LogP contribution in [0.1, 0.15) is 59.3 Å². The Labute approximate surface area is 165 Å². The summed E-state index contributed by atoms with van der Waals surface area (Å²) in [4.78, 5) is 15.9. The number of amides is 1. The van der Waals surface area contributed by atoms with E-state index in [9.17, 15) is 9.90 Å². The van der Waals surface area contributed by atoms with Gasteiger partial charge >= 0.3 is 6.09 Å². The van der Waals surface area contributed by atoms with Crippen LogP contribution in [-0.4, -0.2) is 47.6 Å². The smallest absolute Gasteiger partial charge is 0.412 e. The van der Waals surface area contributed by atoms with E-state index < -0.39 is 12.2 Å². The van der Waals surface area contributed by atoms with Crippen molar-refractivity contribution >= 4 is 22.4 Å². The van der Waals surface area contributed by atoms with Gasteiger partial charge in [-0.05, 0) is 39.5 Å². The average Bonchev–Trinajstić information content (AvgIpc) is 3.26. The first-order chi connectivity index (χ1) is 12.8. The van der Waals surface area contributed by atoms with Crippen molar-refractivity contribution < 1.29 is 19.4 Å². The summed E-state index contributed by atoms with van der Waals surface area (Å²) in [6.07, 6.45) is 7.79. The lowest BCUT2D eigenvalue weighted by Crippen LogP contribution is -2.42. The minimum atomic E-state index is -0.630. The molecule has 1 atom stereocenters. The van der Waals surface area contributed by atoms with Crippen molar-refractivity contribution in [3.8, 4) is 5.19 Å². The molecule has 0 spiro atoms.